The molecule has 2 heterocycles. The highest BCUT2D eigenvalue weighted by molar-refractivity contribution is 5.81. The maximum absolute atomic E-state index is 6.17. The van der Waals surface area contributed by atoms with E-state index in [4.69, 9.17) is 5.73 Å². The lowest BCUT2D eigenvalue weighted by Crippen LogP contribution is -2.36. The number of aromatic nitrogens is 4. The molecule has 6 nitrogen and oxygen atoms in total. The van der Waals surface area contributed by atoms with Crippen molar-refractivity contribution in [2.45, 2.75) is 32.7 Å². The molecule has 0 saturated heterocycles. The Hall–Kier alpha value is -1.69. The molecule has 1 atom stereocenters. The second kappa shape index (κ2) is 5.77. The fourth-order valence-electron chi connectivity index (χ4n) is 2.17. The highest BCUT2D eigenvalue weighted by atomic mass is 15.1. The van der Waals surface area contributed by atoms with Gasteiger partial charge >= 0.3 is 0 Å². The van der Waals surface area contributed by atoms with Crippen LogP contribution in [0.3, 0.4) is 0 Å². The van der Waals surface area contributed by atoms with Crippen molar-refractivity contribution in [1.29, 1.82) is 0 Å². The van der Waals surface area contributed by atoms with Gasteiger partial charge in [0, 0.05) is 12.6 Å². The van der Waals surface area contributed by atoms with Crippen LogP contribution < -0.4 is 11.1 Å². The Labute approximate surface area is 106 Å². The molecule has 0 spiro atoms. The van der Waals surface area contributed by atoms with E-state index in [-0.39, 0.29) is 6.04 Å². The molecule has 4 N–H and O–H groups in total. The molecule has 0 fully saturated rings. The quantitative estimate of drug-likeness (QED) is 0.721. The van der Waals surface area contributed by atoms with Crippen molar-refractivity contribution in [1.82, 2.24) is 19.9 Å². The Balaban J connectivity index is 2.04. The number of nitrogens with two attached hydrogens (primary N) is 1. The molecule has 0 amide bonds. The molecule has 0 aromatic carbocycles. The van der Waals surface area contributed by atoms with Crippen molar-refractivity contribution in [3.05, 3.63) is 12.7 Å². The van der Waals surface area contributed by atoms with Gasteiger partial charge in [0.05, 0.1) is 6.33 Å². The summed E-state index contributed by atoms with van der Waals surface area (Å²) in [6.07, 6.45) is 5.32. The van der Waals surface area contributed by atoms with E-state index in [1.165, 1.54) is 6.33 Å². The maximum atomic E-state index is 6.17. The van der Waals surface area contributed by atoms with Gasteiger partial charge < -0.3 is 16.0 Å². The number of nitrogens with one attached hydrogen (secondary N) is 2. The number of H-pyrrole nitrogens is 1. The van der Waals surface area contributed by atoms with Gasteiger partial charge in [-0.3, -0.25) is 0 Å². The average Bonchev–Trinajstić information content (AvgIpc) is 2.86. The van der Waals surface area contributed by atoms with E-state index in [0.29, 0.717) is 18.1 Å². The van der Waals surface area contributed by atoms with Crippen molar-refractivity contribution < 1.29 is 0 Å². The summed E-state index contributed by atoms with van der Waals surface area (Å²) < 4.78 is 0. The van der Waals surface area contributed by atoms with Crippen molar-refractivity contribution >= 4 is 17.0 Å². The standard InChI is InChI=1S/C12H20N6/c1-3-8(4-2)9(13)5-14-11-10-12(16-6-15-10)18-7-17-11/h6-9H,3-5,13H2,1-2H3,(H2,14,15,16,17,18). The van der Waals surface area contributed by atoms with Crippen LogP contribution >= 0.6 is 0 Å². The van der Waals surface area contributed by atoms with Crippen LogP contribution in [0.2, 0.25) is 0 Å². The minimum atomic E-state index is 0.132. The number of hydrogen-bond donors (Lipinski definition) is 3. The van der Waals surface area contributed by atoms with Gasteiger partial charge in [0.2, 0.25) is 0 Å². The van der Waals surface area contributed by atoms with Crippen LogP contribution in [0.25, 0.3) is 11.2 Å². The second-order valence-corrected chi connectivity index (χ2v) is 4.44. The summed E-state index contributed by atoms with van der Waals surface area (Å²) in [5, 5.41) is 3.28. The third-order valence-electron chi connectivity index (χ3n) is 3.38. The van der Waals surface area contributed by atoms with Crippen LogP contribution in [0.5, 0.6) is 0 Å². The van der Waals surface area contributed by atoms with Gasteiger partial charge in [0.25, 0.3) is 0 Å². The third kappa shape index (κ3) is 2.59. The largest absolute Gasteiger partial charge is 0.367 e. The Morgan fingerprint density at radius 2 is 2.06 bits per heavy atom. The first-order chi connectivity index (χ1) is 8.76. The monoisotopic (exact) mass is 248 g/mol. The number of hydrogen-bond acceptors (Lipinski definition) is 5. The lowest BCUT2D eigenvalue weighted by atomic mass is 9.95. The summed E-state index contributed by atoms with van der Waals surface area (Å²) >= 11 is 0. The van der Waals surface area contributed by atoms with Crippen LogP contribution in [-0.2, 0) is 0 Å². The molecule has 0 aliphatic carbocycles. The van der Waals surface area contributed by atoms with Gasteiger partial charge in [-0.15, -0.1) is 0 Å². The predicted molar refractivity (Wildman–Crippen MR) is 72.2 cm³/mol. The molecule has 6 heteroatoms. The third-order valence-corrected chi connectivity index (χ3v) is 3.38. The van der Waals surface area contributed by atoms with Gasteiger partial charge in [0.15, 0.2) is 11.5 Å². The molecule has 0 bridgehead atoms. The number of anilines is 1. The molecule has 2 rings (SSSR count). The summed E-state index contributed by atoms with van der Waals surface area (Å²) in [7, 11) is 0. The van der Waals surface area contributed by atoms with Crippen LogP contribution in [-0.4, -0.2) is 32.5 Å². The smallest absolute Gasteiger partial charge is 0.182 e. The van der Waals surface area contributed by atoms with Crippen LogP contribution in [0.15, 0.2) is 12.7 Å². The van der Waals surface area contributed by atoms with Crippen molar-refractivity contribution in [3.63, 3.8) is 0 Å². The van der Waals surface area contributed by atoms with Crippen LogP contribution in [0.4, 0.5) is 5.82 Å². The number of fused-ring (bicyclic) bond motifs is 1. The van der Waals surface area contributed by atoms with E-state index < -0.39 is 0 Å². The fraction of sp³-hybridized carbons (Fsp3) is 0.583. The molecular formula is C12H20N6. The fourth-order valence-corrected chi connectivity index (χ4v) is 2.17. The molecule has 0 radical (unpaired) electrons. The Morgan fingerprint density at radius 3 is 2.78 bits per heavy atom. The Kier molecular flexibility index (Phi) is 4.09. The van der Waals surface area contributed by atoms with E-state index >= 15 is 0 Å². The summed E-state index contributed by atoms with van der Waals surface area (Å²) in [6, 6.07) is 0.132. The summed E-state index contributed by atoms with van der Waals surface area (Å²) in [5.41, 5.74) is 7.67. The first kappa shape index (κ1) is 12.8. The molecule has 2 aromatic heterocycles. The second-order valence-electron chi connectivity index (χ2n) is 4.44. The zero-order valence-electron chi connectivity index (χ0n) is 10.8. The molecule has 0 aliphatic rings. The van der Waals surface area contributed by atoms with E-state index in [1.807, 2.05) is 0 Å². The highest BCUT2D eigenvalue weighted by Gasteiger charge is 2.14. The number of nitrogens with zero attached hydrogens (tertiary/aromatic N) is 3. The van der Waals surface area contributed by atoms with Gasteiger partial charge in [-0.2, -0.15) is 0 Å². The van der Waals surface area contributed by atoms with E-state index in [2.05, 4.69) is 39.1 Å². The van der Waals surface area contributed by atoms with Gasteiger partial charge in [-0.1, -0.05) is 26.7 Å². The molecule has 18 heavy (non-hydrogen) atoms. The lowest BCUT2D eigenvalue weighted by molar-refractivity contribution is 0.407. The first-order valence-electron chi connectivity index (χ1n) is 6.39. The van der Waals surface area contributed by atoms with Crippen LogP contribution in [0, 0.1) is 5.92 Å². The lowest BCUT2D eigenvalue weighted by Gasteiger charge is -2.21. The summed E-state index contributed by atoms with van der Waals surface area (Å²) in [5.74, 6) is 1.30. The summed E-state index contributed by atoms with van der Waals surface area (Å²) in [6.45, 7) is 5.05. The van der Waals surface area contributed by atoms with Crippen molar-refractivity contribution in [3.8, 4) is 0 Å². The zero-order valence-corrected chi connectivity index (χ0v) is 10.8. The Morgan fingerprint density at radius 1 is 1.28 bits per heavy atom. The molecule has 1 unspecified atom stereocenters. The first-order valence-corrected chi connectivity index (χ1v) is 6.39. The zero-order chi connectivity index (χ0) is 13.0. The number of rotatable bonds is 6. The van der Waals surface area contributed by atoms with Gasteiger partial charge in [0.1, 0.15) is 11.8 Å². The minimum Gasteiger partial charge on any atom is -0.367 e. The number of aromatic amines is 1. The van der Waals surface area contributed by atoms with Gasteiger partial charge in [-0.25, -0.2) is 15.0 Å². The molecule has 0 saturated carbocycles. The topological polar surface area (TPSA) is 92.5 Å². The molecule has 0 aliphatic heterocycles. The van der Waals surface area contributed by atoms with E-state index in [1.54, 1.807) is 6.33 Å². The van der Waals surface area contributed by atoms with Gasteiger partial charge in [-0.05, 0) is 5.92 Å². The Bertz CT molecular complexity index is 490. The van der Waals surface area contributed by atoms with E-state index in [9.17, 15) is 0 Å². The maximum Gasteiger partial charge on any atom is 0.182 e. The predicted octanol–water partition coefficient (Wildman–Crippen LogP) is 1.53. The normalized spacial score (nSPS) is 13.1. The van der Waals surface area contributed by atoms with E-state index in [0.717, 1.165) is 24.2 Å². The molecule has 2 aromatic rings. The average molecular weight is 248 g/mol. The van der Waals surface area contributed by atoms with Crippen LogP contribution in [0.1, 0.15) is 26.7 Å². The molecular weight excluding hydrogens is 228 g/mol. The van der Waals surface area contributed by atoms with Crippen molar-refractivity contribution in [2.24, 2.45) is 11.7 Å². The number of imidazole rings is 1. The minimum absolute atomic E-state index is 0.132. The summed E-state index contributed by atoms with van der Waals surface area (Å²) in [4.78, 5) is 15.4. The SMILES string of the molecule is CCC(CC)C(N)CNc1ncnc2nc[nH]c12. The molecule has 98 valence electrons. The van der Waals surface area contributed by atoms with Crippen molar-refractivity contribution in [2.75, 3.05) is 11.9 Å². The highest BCUT2D eigenvalue weighted by Crippen LogP contribution is 2.16.